The minimum atomic E-state index is -0.280. The molecule has 2 N–H and O–H groups in total. The van der Waals surface area contributed by atoms with E-state index in [1.165, 1.54) is 0 Å². The molecule has 0 heterocycles. The van der Waals surface area contributed by atoms with Crippen LogP contribution >= 0.6 is 50.7 Å². The molecule has 3 aromatic carbocycles. The van der Waals surface area contributed by atoms with Gasteiger partial charge in [-0.2, -0.15) is 0 Å². The molecule has 0 aromatic heterocycles. The summed E-state index contributed by atoms with van der Waals surface area (Å²) in [5, 5.41) is 7.72. The van der Waals surface area contributed by atoms with Crippen molar-refractivity contribution >= 4 is 68.0 Å². The van der Waals surface area contributed by atoms with E-state index >= 15 is 0 Å². The highest BCUT2D eigenvalue weighted by atomic mass is 79.9. The van der Waals surface area contributed by atoms with E-state index < -0.39 is 0 Å². The molecular formula is C22H18BrCl3N2O2. The Morgan fingerprint density at radius 1 is 1.00 bits per heavy atom. The number of ether oxygens (including phenoxy) is 1. The molecule has 0 aliphatic heterocycles. The molecule has 156 valence electrons. The average molecular weight is 529 g/mol. The van der Waals surface area contributed by atoms with Gasteiger partial charge in [-0.25, -0.2) is 0 Å². The van der Waals surface area contributed by atoms with Crippen LogP contribution in [0.2, 0.25) is 15.1 Å². The monoisotopic (exact) mass is 526 g/mol. The van der Waals surface area contributed by atoms with Crippen LogP contribution in [0.5, 0.6) is 5.75 Å². The van der Waals surface area contributed by atoms with E-state index in [0.29, 0.717) is 33.0 Å². The van der Waals surface area contributed by atoms with Crippen molar-refractivity contribution in [2.45, 2.75) is 13.5 Å². The number of amides is 1. The third-order valence-electron chi connectivity index (χ3n) is 4.24. The summed E-state index contributed by atoms with van der Waals surface area (Å²) in [6, 6.07) is 16.2. The lowest BCUT2D eigenvalue weighted by atomic mass is 10.2. The molecule has 0 atom stereocenters. The summed E-state index contributed by atoms with van der Waals surface area (Å²) >= 11 is 21.7. The zero-order chi connectivity index (χ0) is 21.7. The van der Waals surface area contributed by atoms with E-state index in [1.807, 2.05) is 31.2 Å². The molecule has 1 amide bonds. The van der Waals surface area contributed by atoms with Gasteiger partial charge in [0, 0.05) is 32.3 Å². The Bertz CT molecular complexity index is 1080. The van der Waals surface area contributed by atoms with E-state index in [-0.39, 0.29) is 12.5 Å². The third-order valence-corrected chi connectivity index (χ3v) is 5.69. The predicted octanol–water partition coefficient (Wildman–Crippen LogP) is 7.35. The van der Waals surface area contributed by atoms with Gasteiger partial charge in [0.1, 0.15) is 5.75 Å². The first-order chi connectivity index (χ1) is 14.3. The zero-order valence-electron chi connectivity index (χ0n) is 15.9. The zero-order valence-corrected chi connectivity index (χ0v) is 19.8. The normalized spacial score (nSPS) is 10.6. The van der Waals surface area contributed by atoms with Crippen LogP contribution in [-0.2, 0) is 11.3 Å². The third kappa shape index (κ3) is 6.29. The van der Waals surface area contributed by atoms with Crippen LogP contribution in [0.1, 0.15) is 11.1 Å². The minimum Gasteiger partial charge on any atom is -0.483 e. The second kappa shape index (κ2) is 10.4. The molecule has 0 aliphatic carbocycles. The molecule has 3 rings (SSSR count). The van der Waals surface area contributed by atoms with Crippen LogP contribution in [0.3, 0.4) is 0 Å². The van der Waals surface area contributed by atoms with Crippen molar-refractivity contribution in [1.29, 1.82) is 0 Å². The molecule has 0 unspecified atom stereocenters. The van der Waals surface area contributed by atoms with E-state index in [4.69, 9.17) is 39.5 Å². The van der Waals surface area contributed by atoms with Gasteiger partial charge in [0.15, 0.2) is 6.61 Å². The van der Waals surface area contributed by atoms with Crippen molar-refractivity contribution in [3.63, 3.8) is 0 Å². The fourth-order valence-corrected chi connectivity index (χ4v) is 3.73. The second-order valence-corrected chi connectivity index (χ2v) is 8.70. The molecule has 0 radical (unpaired) electrons. The van der Waals surface area contributed by atoms with Gasteiger partial charge in [-0.05, 0) is 61.0 Å². The maximum absolute atomic E-state index is 12.3. The van der Waals surface area contributed by atoms with Crippen LogP contribution in [0.25, 0.3) is 0 Å². The highest BCUT2D eigenvalue weighted by Gasteiger charge is 2.10. The summed E-state index contributed by atoms with van der Waals surface area (Å²) in [6.07, 6.45) is 0. The Balaban J connectivity index is 1.64. The largest absolute Gasteiger partial charge is 0.483 e. The van der Waals surface area contributed by atoms with Gasteiger partial charge in [-0.15, -0.1) is 0 Å². The molecular weight excluding hydrogens is 511 g/mol. The highest BCUT2D eigenvalue weighted by molar-refractivity contribution is 9.10. The van der Waals surface area contributed by atoms with E-state index in [1.54, 1.807) is 30.3 Å². The molecule has 0 fully saturated rings. The van der Waals surface area contributed by atoms with Crippen molar-refractivity contribution in [3.8, 4) is 5.75 Å². The van der Waals surface area contributed by atoms with Gasteiger partial charge in [-0.1, -0.05) is 56.8 Å². The van der Waals surface area contributed by atoms with Crippen LogP contribution in [-0.4, -0.2) is 12.5 Å². The molecule has 0 saturated carbocycles. The molecule has 4 nitrogen and oxygen atoms in total. The summed E-state index contributed by atoms with van der Waals surface area (Å²) in [5.41, 5.74) is 3.18. The molecule has 0 bridgehead atoms. The maximum Gasteiger partial charge on any atom is 0.262 e. The lowest BCUT2D eigenvalue weighted by Gasteiger charge is -2.14. The number of carbonyl (C=O) groups excluding carboxylic acids is 1. The number of hydrogen-bond donors (Lipinski definition) is 2. The fourth-order valence-electron chi connectivity index (χ4n) is 2.66. The number of benzene rings is 3. The molecule has 0 saturated heterocycles. The maximum atomic E-state index is 12.3. The van der Waals surface area contributed by atoms with Crippen LogP contribution in [0.15, 0.2) is 59.1 Å². The molecule has 30 heavy (non-hydrogen) atoms. The quantitative estimate of drug-likeness (QED) is 0.337. The Hall–Kier alpha value is -1.92. The van der Waals surface area contributed by atoms with Crippen LogP contribution in [0, 0.1) is 6.92 Å². The first-order valence-corrected chi connectivity index (χ1v) is 10.9. The number of carbonyl (C=O) groups is 1. The smallest absolute Gasteiger partial charge is 0.262 e. The Kier molecular flexibility index (Phi) is 7.89. The van der Waals surface area contributed by atoms with Crippen molar-refractivity contribution in [2.24, 2.45) is 0 Å². The Morgan fingerprint density at radius 3 is 2.53 bits per heavy atom. The van der Waals surface area contributed by atoms with Crippen LogP contribution in [0.4, 0.5) is 11.4 Å². The van der Waals surface area contributed by atoms with Gasteiger partial charge in [0.05, 0.1) is 10.7 Å². The standard InChI is InChI=1S/C22H18BrCl3N2O2/c1-13-2-5-17(10-18(13)25)28-22(29)12-30-21-7-3-15(23)8-14(21)11-27-20-6-4-16(24)9-19(20)26/h2-10,27H,11-12H2,1H3,(H,28,29). The number of aryl methyl sites for hydroxylation is 1. The molecule has 0 aliphatic rings. The van der Waals surface area contributed by atoms with Gasteiger partial charge >= 0.3 is 0 Å². The van der Waals surface area contributed by atoms with Gasteiger partial charge in [-0.3, -0.25) is 4.79 Å². The van der Waals surface area contributed by atoms with E-state index in [9.17, 15) is 4.79 Å². The number of anilines is 2. The Morgan fingerprint density at radius 2 is 1.80 bits per heavy atom. The summed E-state index contributed by atoms with van der Waals surface area (Å²) in [5.74, 6) is 0.311. The summed E-state index contributed by atoms with van der Waals surface area (Å²) < 4.78 is 6.65. The van der Waals surface area contributed by atoms with E-state index in [0.717, 1.165) is 21.3 Å². The van der Waals surface area contributed by atoms with Crippen molar-refractivity contribution < 1.29 is 9.53 Å². The molecule has 8 heteroatoms. The second-order valence-electron chi connectivity index (χ2n) is 6.53. The first-order valence-electron chi connectivity index (χ1n) is 8.98. The van der Waals surface area contributed by atoms with Gasteiger partial charge in [0.25, 0.3) is 5.91 Å². The highest BCUT2D eigenvalue weighted by Crippen LogP contribution is 2.28. The van der Waals surface area contributed by atoms with Gasteiger partial charge in [0.2, 0.25) is 0 Å². The van der Waals surface area contributed by atoms with E-state index in [2.05, 4.69) is 26.6 Å². The lowest BCUT2D eigenvalue weighted by molar-refractivity contribution is -0.118. The molecule has 0 spiro atoms. The number of halogens is 4. The summed E-state index contributed by atoms with van der Waals surface area (Å²) in [7, 11) is 0. The summed E-state index contributed by atoms with van der Waals surface area (Å²) in [4.78, 5) is 12.3. The lowest BCUT2D eigenvalue weighted by Crippen LogP contribution is -2.20. The number of rotatable bonds is 7. The van der Waals surface area contributed by atoms with Crippen molar-refractivity contribution in [1.82, 2.24) is 0 Å². The minimum absolute atomic E-state index is 0.137. The average Bonchev–Trinajstić information content (AvgIpc) is 2.69. The van der Waals surface area contributed by atoms with Crippen LogP contribution < -0.4 is 15.4 Å². The van der Waals surface area contributed by atoms with Crippen molar-refractivity contribution in [3.05, 3.63) is 85.3 Å². The number of nitrogens with one attached hydrogen (secondary N) is 2. The predicted molar refractivity (Wildman–Crippen MR) is 128 cm³/mol. The SMILES string of the molecule is Cc1ccc(NC(=O)COc2ccc(Br)cc2CNc2ccc(Cl)cc2Cl)cc1Cl. The van der Waals surface area contributed by atoms with Gasteiger partial charge < -0.3 is 15.4 Å². The number of hydrogen-bond acceptors (Lipinski definition) is 3. The molecule has 3 aromatic rings. The first kappa shape index (κ1) is 22.8. The van der Waals surface area contributed by atoms with Crippen molar-refractivity contribution in [2.75, 3.05) is 17.2 Å². The Labute approximate surface area is 198 Å². The fraction of sp³-hybridized carbons (Fsp3) is 0.136. The topological polar surface area (TPSA) is 50.4 Å². The summed E-state index contributed by atoms with van der Waals surface area (Å²) in [6.45, 7) is 2.21.